The molecule has 9 nitrogen and oxygen atoms in total. The van der Waals surface area contributed by atoms with Gasteiger partial charge < -0.3 is 40.5 Å². The second-order valence-electron chi connectivity index (χ2n) is 4.17. The monoisotopic (exact) mass is 268 g/mol. The number of ether oxygens (including phenoxy) is 1. The average molecular weight is 268 g/mol. The molecule has 18 heavy (non-hydrogen) atoms. The lowest BCUT2D eigenvalue weighted by molar-refractivity contribution is -0.312. The third kappa shape index (κ3) is 2.78. The first kappa shape index (κ1) is 15.2. The summed E-state index contributed by atoms with van der Waals surface area (Å²) in [5.74, 6) is -4.58. The van der Waals surface area contributed by atoms with Crippen LogP contribution in [0.25, 0.3) is 0 Å². The summed E-state index contributed by atoms with van der Waals surface area (Å²) in [7, 11) is 0. The van der Waals surface area contributed by atoms with Crippen LogP contribution in [0.2, 0.25) is 0 Å². The quantitative estimate of drug-likeness (QED) is 0.268. The molecule has 1 unspecified atom stereocenters. The molecule has 1 aliphatic rings. The summed E-state index contributed by atoms with van der Waals surface area (Å²) in [6.45, 7) is -0.866. The average Bonchev–Trinajstić information content (AvgIpc) is 2.31. The maximum absolute atomic E-state index is 10.8. The van der Waals surface area contributed by atoms with Crippen LogP contribution in [0.4, 0.5) is 0 Å². The predicted molar refractivity (Wildman–Crippen MR) is 53.2 cm³/mol. The highest BCUT2D eigenvalue weighted by atomic mass is 16.7. The Morgan fingerprint density at radius 3 is 2.39 bits per heavy atom. The van der Waals surface area contributed by atoms with Crippen molar-refractivity contribution in [2.75, 3.05) is 6.61 Å². The molecule has 1 saturated heterocycles. The van der Waals surface area contributed by atoms with Gasteiger partial charge in [-0.05, 0) is 0 Å². The zero-order valence-corrected chi connectivity index (χ0v) is 9.25. The Morgan fingerprint density at radius 1 is 1.39 bits per heavy atom. The van der Waals surface area contributed by atoms with Gasteiger partial charge in [0.2, 0.25) is 0 Å². The molecule has 0 radical (unpaired) electrons. The first-order valence-corrected chi connectivity index (χ1v) is 5.19. The second kappa shape index (κ2) is 5.45. The minimum absolute atomic E-state index is 0.790. The lowest BCUT2D eigenvalue weighted by atomic mass is 9.91. The van der Waals surface area contributed by atoms with E-state index in [2.05, 4.69) is 4.74 Å². The van der Waals surface area contributed by atoms with Crippen molar-refractivity contribution >= 4 is 5.97 Å². The number of aliphatic hydroxyl groups excluding tert-OH is 5. The van der Waals surface area contributed by atoms with E-state index < -0.39 is 55.3 Å². The van der Waals surface area contributed by atoms with Crippen LogP contribution in [-0.2, 0) is 9.53 Å². The fraction of sp³-hybridized carbons (Fsp3) is 0.889. The fourth-order valence-corrected chi connectivity index (χ4v) is 1.70. The molecule has 1 fully saturated rings. The third-order valence-electron chi connectivity index (χ3n) is 2.80. The summed E-state index contributed by atoms with van der Waals surface area (Å²) in [6.07, 6.45) is -9.50. The van der Waals surface area contributed by atoms with Gasteiger partial charge in [-0.2, -0.15) is 0 Å². The van der Waals surface area contributed by atoms with Crippen LogP contribution in [0, 0.1) is 0 Å². The summed E-state index contributed by atoms with van der Waals surface area (Å²) in [5, 5.41) is 64.6. The van der Waals surface area contributed by atoms with E-state index in [-0.39, 0.29) is 0 Å². The lowest BCUT2D eigenvalue weighted by Crippen LogP contribution is -2.63. The molecule has 0 amide bonds. The molecule has 9 heteroatoms. The first-order valence-electron chi connectivity index (χ1n) is 5.19. The molecule has 106 valence electrons. The van der Waals surface area contributed by atoms with Gasteiger partial charge in [0, 0.05) is 6.42 Å². The van der Waals surface area contributed by atoms with Gasteiger partial charge in [0.1, 0.15) is 24.4 Å². The summed E-state index contributed by atoms with van der Waals surface area (Å²) < 4.78 is 4.63. The fourth-order valence-electron chi connectivity index (χ4n) is 1.70. The molecule has 1 rings (SSSR count). The normalized spacial score (nSPS) is 40.2. The van der Waals surface area contributed by atoms with Crippen LogP contribution in [0.15, 0.2) is 0 Å². The molecule has 1 heterocycles. The van der Waals surface area contributed by atoms with Crippen LogP contribution >= 0.6 is 0 Å². The number of carboxylic acids is 1. The minimum atomic E-state index is -2.78. The highest BCUT2D eigenvalue weighted by Crippen LogP contribution is 2.30. The van der Waals surface area contributed by atoms with Crippen molar-refractivity contribution < 1.29 is 45.3 Å². The molecule has 0 saturated carbocycles. The number of aliphatic hydroxyl groups is 6. The number of hydrogen-bond donors (Lipinski definition) is 7. The van der Waals surface area contributed by atoms with E-state index in [1.54, 1.807) is 0 Å². The van der Waals surface area contributed by atoms with Crippen molar-refractivity contribution in [1.29, 1.82) is 0 Å². The van der Waals surface area contributed by atoms with Crippen molar-refractivity contribution in [2.24, 2.45) is 0 Å². The van der Waals surface area contributed by atoms with Crippen LogP contribution in [0.1, 0.15) is 6.42 Å². The SMILES string of the molecule is O=C(O)[C@]1(O)C[C@@H](O)[C@@H](O)C([C@H](O)[C@H](O)CO)O1. The Kier molecular flexibility index (Phi) is 4.61. The van der Waals surface area contributed by atoms with Crippen LogP contribution < -0.4 is 0 Å². The molecule has 0 aromatic heterocycles. The highest BCUT2D eigenvalue weighted by Gasteiger charge is 2.53. The molecule has 0 aromatic rings. The van der Waals surface area contributed by atoms with Gasteiger partial charge in [0.05, 0.1) is 12.7 Å². The molecule has 0 spiro atoms. The number of carboxylic acid groups (broad SMARTS) is 1. The van der Waals surface area contributed by atoms with Crippen molar-refractivity contribution in [3.05, 3.63) is 0 Å². The summed E-state index contributed by atoms with van der Waals surface area (Å²) >= 11 is 0. The van der Waals surface area contributed by atoms with Crippen molar-refractivity contribution in [2.45, 2.75) is 42.7 Å². The van der Waals surface area contributed by atoms with Gasteiger partial charge in [-0.25, -0.2) is 4.79 Å². The van der Waals surface area contributed by atoms with E-state index in [4.69, 9.17) is 10.2 Å². The Labute approximate surface area is 101 Å². The molecule has 0 aliphatic carbocycles. The van der Waals surface area contributed by atoms with E-state index >= 15 is 0 Å². The topological polar surface area (TPSA) is 168 Å². The van der Waals surface area contributed by atoms with Gasteiger partial charge in [-0.3, -0.25) is 0 Å². The van der Waals surface area contributed by atoms with Gasteiger partial charge in [-0.15, -0.1) is 0 Å². The van der Waals surface area contributed by atoms with E-state index in [9.17, 15) is 30.3 Å². The highest BCUT2D eigenvalue weighted by molar-refractivity contribution is 5.75. The maximum atomic E-state index is 10.8. The zero-order valence-electron chi connectivity index (χ0n) is 9.25. The smallest absolute Gasteiger partial charge is 0.364 e. The Morgan fingerprint density at radius 2 is 1.94 bits per heavy atom. The lowest BCUT2D eigenvalue weighted by Gasteiger charge is -2.42. The Balaban J connectivity index is 2.92. The summed E-state index contributed by atoms with van der Waals surface area (Å²) in [6, 6.07) is 0. The number of hydrogen-bond acceptors (Lipinski definition) is 8. The Hall–Kier alpha value is -0.810. The van der Waals surface area contributed by atoms with Crippen molar-refractivity contribution in [3.63, 3.8) is 0 Å². The van der Waals surface area contributed by atoms with Crippen molar-refractivity contribution in [1.82, 2.24) is 0 Å². The maximum Gasteiger partial charge on any atom is 0.364 e. The van der Waals surface area contributed by atoms with Gasteiger partial charge in [-0.1, -0.05) is 0 Å². The number of carbonyl (C=O) groups is 1. The van der Waals surface area contributed by atoms with Gasteiger partial charge >= 0.3 is 5.97 Å². The molecule has 7 N–H and O–H groups in total. The van der Waals surface area contributed by atoms with Crippen LogP contribution in [0.3, 0.4) is 0 Å². The van der Waals surface area contributed by atoms with Gasteiger partial charge in [0.25, 0.3) is 5.79 Å². The predicted octanol–water partition coefficient (Wildman–Crippen LogP) is -4.02. The van der Waals surface area contributed by atoms with E-state index in [0.29, 0.717) is 0 Å². The van der Waals surface area contributed by atoms with Crippen LogP contribution in [0.5, 0.6) is 0 Å². The largest absolute Gasteiger partial charge is 0.477 e. The van der Waals surface area contributed by atoms with Crippen LogP contribution in [-0.4, -0.2) is 84.6 Å². The molecular weight excluding hydrogens is 252 g/mol. The zero-order chi connectivity index (χ0) is 14.1. The van der Waals surface area contributed by atoms with E-state index in [1.165, 1.54) is 0 Å². The van der Waals surface area contributed by atoms with Gasteiger partial charge in [0.15, 0.2) is 0 Å². The molecule has 0 bridgehead atoms. The van der Waals surface area contributed by atoms with E-state index in [0.717, 1.165) is 0 Å². The molecule has 6 atom stereocenters. The van der Waals surface area contributed by atoms with E-state index in [1.807, 2.05) is 0 Å². The molecular formula is C9H16O9. The standard InChI is InChI=1S/C9H16O9/c10-2-4(12)6(14)7-5(13)3(11)1-9(17,18-7)8(15)16/h3-7,10-14,17H,1-2H2,(H,15,16)/t3-,4-,5-,6-,7?,9+/m1/s1. The number of rotatable bonds is 4. The van der Waals surface area contributed by atoms with Crippen molar-refractivity contribution in [3.8, 4) is 0 Å². The summed E-state index contributed by atoms with van der Waals surface area (Å²) in [4.78, 5) is 10.8. The first-order chi connectivity index (χ1) is 8.23. The molecule has 1 aliphatic heterocycles. The minimum Gasteiger partial charge on any atom is -0.477 e. The Bertz CT molecular complexity index is 308. The number of aliphatic carboxylic acids is 1. The third-order valence-corrected chi connectivity index (χ3v) is 2.80. The summed E-state index contributed by atoms with van der Waals surface area (Å²) in [5.41, 5.74) is 0. The second-order valence-corrected chi connectivity index (χ2v) is 4.17. The molecule has 0 aromatic carbocycles.